The van der Waals surface area contributed by atoms with Crippen LogP contribution in [0.25, 0.3) is 94.6 Å². The van der Waals surface area contributed by atoms with Crippen LogP contribution in [0, 0.1) is 0 Å². The highest BCUT2D eigenvalue weighted by molar-refractivity contribution is 6.11. The number of hydrogen-bond donors (Lipinski definition) is 0. The summed E-state index contributed by atoms with van der Waals surface area (Å²) in [7, 11) is 0. The molecule has 0 aliphatic rings. The molecule has 11 rings (SSSR count). The third-order valence-electron chi connectivity index (χ3n) is 10.3. The van der Waals surface area contributed by atoms with Crippen LogP contribution < -0.4 is 0 Å². The van der Waals surface area contributed by atoms with Crippen LogP contribution in [-0.4, -0.2) is 28.7 Å². The first-order valence-electron chi connectivity index (χ1n) is 17.8. The fourth-order valence-corrected chi connectivity index (χ4v) is 7.91. The molecule has 0 saturated heterocycles. The maximum atomic E-state index is 5.27. The second kappa shape index (κ2) is 11.6. The first kappa shape index (κ1) is 29.4. The second-order valence-corrected chi connectivity index (χ2v) is 13.4. The van der Waals surface area contributed by atoms with Crippen LogP contribution >= 0.6 is 0 Å². The van der Waals surface area contributed by atoms with Gasteiger partial charge in [-0.3, -0.25) is 4.57 Å². The lowest BCUT2D eigenvalue weighted by Crippen LogP contribution is -2.06. The van der Waals surface area contributed by atoms with Gasteiger partial charge in [0.15, 0.2) is 11.6 Å². The molecule has 0 atom stereocenters. The van der Waals surface area contributed by atoms with E-state index < -0.39 is 0 Å². The van der Waals surface area contributed by atoms with E-state index >= 15 is 0 Å². The zero-order valence-corrected chi connectivity index (χ0v) is 28.5. The molecule has 0 aliphatic heterocycles. The first-order chi connectivity index (χ1) is 26.3. The van der Waals surface area contributed by atoms with Crippen molar-refractivity contribution in [2.45, 2.75) is 0 Å². The summed E-state index contributed by atoms with van der Waals surface area (Å²) in [6, 6.07) is 61.6. The SMILES string of the molecule is c1ccc(-c2nc(-c3ccc4c5ccccc5n(-c5ccccc5)c4c3)nc(-n3c4ccccc4c4cc(-n5ccc6ccccc65)ccc43)n2)cc1. The lowest BCUT2D eigenvalue weighted by Gasteiger charge is -2.12. The van der Waals surface area contributed by atoms with E-state index in [-0.39, 0.29) is 0 Å². The molecule has 0 aliphatic carbocycles. The molecule has 0 fully saturated rings. The molecule has 0 unspecified atom stereocenters. The van der Waals surface area contributed by atoms with Gasteiger partial charge in [0.05, 0.1) is 27.6 Å². The van der Waals surface area contributed by atoms with Gasteiger partial charge in [-0.25, -0.2) is 4.98 Å². The number of para-hydroxylation sites is 4. The summed E-state index contributed by atoms with van der Waals surface area (Å²) in [4.78, 5) is 15.6. The van der Waals surface area contributed by atoms with Crippen molar-refractivity contribution in [1.82, 2.24) is 28.7 Å². The van der Waals surface area contributed by atoms with Crippen molar-refractivity contribution in [2.75, 3.05) is 0 Å². The predicted octanol–water partition coefficient (Wildman–Crippen LogP) is 11.3. The van der Waals surface area contributed by atoms with Gasteiger partial charge >= 0.3 is 0 Å². The summed E-state index contributed by atoms with van der Waals surface area (Å²) >= 11 is 0. The van der Waals surface area contributed by atoms with Gasteiger partial charge in [-0.15, -0.1) is 0 Å². The Morgan fingerprint density at radius 2 is 0.943 bits per heavy atom. The van der Waals surface area contributed by atoms with Gasteiger partial charge < -0.3 is 9.13 Å². The van der Waals surface area contributed by atoms with Crippen molar-refractivity contribution in [3.63, 3.8) is 0 Å². The third kappa shape index (κ3) is 4.63. The second-order valence-electron chi connectivity index (χ2n) is 13.4. The molecule has 0 saturated carbocycles. The van der Waals surface area contributed by atoms with Gasteiger partial charge in [0, 0.05) is 50.2 Å². The molecule has 4 heterocycles. The third-order valence-corrected chi connectivity index (χ3v) is 10.3. The Hall–Kier alpha value is -7.31. The average molecular weight is 679 g/mol. The molecular formula is C47H30N6. The van der Waals surface area contributed by atoms with Crippen LogP contribution in [0.2, 0.25) is 0 Å². The topological polar surface area (TPSA) is 53.5 Å². The zero-order valence-electron chi connectivity index (χ0n) is 28.5. The highest BCUT2D eigenvalue weighted by atomic mass is 15.2. The van der Waals surface area contributed by atoms with Crippen LogP contribution in [0.1, 0.15) is 0 Å². The molecular weight excluding hydrogens is 649 g/mol. The number of aromatic nitrogens is 6. The number of rotatable bonds is 5. The Balaban J connectivity index is 1.15. The quantitative estimate of drug-likeness (QED) is 0.182. The molecule has 0 bridgehead atoms. The fraction of sp³-hybridized carbons (Fsp3) is 0. The van der Waals surface area contributed by atoms with Crippen molar-refractivity contribution < 1.29 is 0 Å². The van der Waals surface area contributed by atoms with Gasteiger partial charge in [0.25, 0.3) is 0 Å². The molecule has 11 aromatic rings. The first-order valence-corrected chi connectivity index (χ1v) is 17.8. The zero-order chi connectivity index (χ0) is 34.9. The summed E-state index contributed by atoms with van der Waals surface area (Å²) in [6.07, 6.45) is 2.14. The minimum Gasteiger partial charge on any atom is -0.317 e. The Labute approximate surface area is 304 Å². The standard InChI is InChI=1S/C47H30N6/c1-3-14-32(15-4-1)45-48-46(33-23-25-38-36-18-8-11-21-41(36)52(44(38)29-33)34-16-5-2-6-17-34)50-47(49-45)53-42-22-12-9-19-37(42)39-30-35(24-26-43(39)53)51-28-27-31-13-7-10-20-40(31)51/h1-30H. The number of nitrogens with zero attached hydrogens (tertiary/aromatic N) is 6. The van der Waals surface area contributed by atoms with E-state index in [9.17, 15) is 0 Å². The van der Waals surface area contributed by atoms with Crippen molar-refractivity contribution in [3.05, 3.63) is 182 Å². The molecule has 0 radical (unpaired) electrons. The number of benzene rings is 7. The summed E-state index contributed by atoms with van der Waals surface area (Å²) in [5.74, 6) is 1.81. The van der Waals surface area contributed by atoms with Gasteiger partial charge in [-0.2, -0.15) is 9.97 Å². The Morgan fingerprint density at radius 1 is 0.340 bits per heavy atom. The summed E-state index contributed by atoms with van der Waals surface area (Å²) in [5, 5.41) is 5.87. The van der Waals surface area contributed by atoms with E-state index in [1.807, 2.05) is 18.2 Å². The highest BCUT2D eigenvalue weighted by Crippen LogP contribution is 2.37. The van der Waals surface area contributed by atoms with E-state index in [0.29, 0.717) is 17.6 Å². The Kier molecular flexibility index (Phi) is 6.45. The van der Waals surface area contributed by atoms with Crippen molar-refractivity contribution >= 4 is 54.5 Å². The minimum atomic E-state index is 0.572. The van der Waals surface area contributed by atoms with E-state index in [2.05, 4.69) is 178 Å². The fourth-order valence-electron chi connectivity index (χ4n) is 7.91. The van der Waals surface area contributed by atoms with Crippen molar-refractivity contribution in [1.29, 1.82) is 0 Å². The average Bonchev–Trinajstić information content (AvgIpc) is 3.91. The lowest BCUT2D eigenvalue weighted by atomic mass is 10.1. The van der Waals surface area contributed by atoms with Gasteiger partial charge in [0.2, 0.25) is 5.95 Å². The molecule has 0 spiro atoms. The normalized spacial score (nSPS) is 11.8. The molecule has 6 heteroatoms. The smallest absolute Gasteiger partial charge is 0.238 e. The van der Waals surface area contributed by atoms with Gasteiger partial charge in [0.1, 0.15) is 0 Å². The molecule has 53 heavy (non-hydrogen) atoms. The summed E-state index contributed by atoms with van der Waals surface area (Å²) < 4.78 is 6.76. The number of hydrogen-bond acceptors (Lipinski definition) is 3. The largest absolute Gasteiger partial charge is 0.317 e. The van der Waals surface area contributed by atoms with Crippen LogP contribution in [0.15, 0.2) is 182 Å². The van der Waals surface area contributed by atoms with Crippen molar-refractivity contribution in [3.8, 4) is 40.1 Å². The van der Waals surface area contributed by atoms with Crippen molar-refractivity contribution in [2.24, 2.45) is 0 Å². The lowest BCUT2D eigenvalue weighted by molar-refractivity contribution is 0.953. The highest BCUT2D eigenvalue weighted by Gasteiger charge is 2.20. The number of fused-ring (bicyclic) bond motifs is 7. The van der Waals surface area contributed by atoms with Crippen LogP contribution in [0.4, 0.5) is 0 Å². The van der Waals surface area contributed by atoms with Crippen LogP contribution in [0.3, 0.4) is 0 Å². The molecule has 0 amide bonds. The molecule has 0 N–H and O–H groups in total. The van der Waals surface area contributed by atoms with E-state index in [0.717, 1.165) is 55.3 Å². The van der Waals surface area contributed by atoms with Gasteiger partial charge in [-0.1, -0.05) is 115 Å². The molecule has 7 aromatic carbocycles. The van der Waals surface area contributed by atoms with Crippen LogP contribution in [-0.2, 0) is 0 Å². The molecule has 248 valence electrons. The minimum absolute atomic E-state index is 0.572. The van der Waals surface area contributed by atoms with Gasteiger partial charge in [-0.05, 0) is 66.0 Å². The van der Waals surface area contributed by atoms with E-state index in [1.54, 1.807) is 0 Å². The Bertz CT molecular complexity index is 3170. The molecule has 4 aromatic heterocycles. The predicted molar refractivity (Wildman–Crippen MR) is 216 cm³/mol. The molecule has 6 nitrogen and oxygen atoms in total. The maximum absolute atomic E-state index is 5.27. The summed E-state index contributed by atoms with van der Waals surface area (Å²) in [6.45, 7) is 0. The monoisotopic (exact) mass is 678 g/mol. The van der Waals surface area contributed by atoms with E-state index in [1.165, 1.54) is 21.7 Å². The maximum Gasteiger partial charge on any atom is 0.238 e. The summed E-state index contributed by atoms with van der Waals surface area (Å²) in [5.41, 5.74) is 9.55. The van der Waals surface area contributed by atoms with Crippen LogP contribution in [0.5, 0.6) is 0 Å². The Morgan fingerprint density at radius 3 is 1.74 bits per heavy atom. The van der Waals surface area contributed by atoms with E-state index in [4.69, 9.17) is 15.0 Å².